The van der Waals surface area contributed by atoms with Gasteiger partial charge < -0.3 is 10.2 Å². The number of Topliss-reactive ketones (excluding diaryl/α,β-unsaturated/α-hetero) is 1. The van der Waals surface area contributed by atoms with E-state index in [1.165, 1.54) is 6.42 Å². The first-order valence-corrected chi connectivity index (χ1v) is 10.2. The number of carbonyl (C=O) groups excluding carboxylic acids is 1. The molecular weight excluding hydrogens is 316 g/mol. The Bertz CT molecular complexity index is 586. The van der Waals surface area contributed by atoms with Crippen LogP contribution in [0.25, 0.3) is 0 Å². The Morgan fingerprint density at radius 3 is 2.48 bits per heavy atom. The number of hydrogen-bond acceptors (Lipinski definition) is 3. The van der Waals surface area contributed by atoms with E-state index < -0.39 is 12.1 Å². The van der Waals surface area contributed by atoms with Crippen LogP contribution in [0.15, 0.2) is 0 Å². The van der Waals surface area contributed by atoms with E-state index in [1.54, 1.807) is 0 Å². The first-order chi connectivity index (χ1) is 11.8. The molecule has 8 atom stereocenters. The zero-order valence-corrected chi connectivity index (χ0v) is 15.5. The largest absolute Gasteiger partial charge is 0.479 e. The molecule has 0 saturated heterocycles. The summed E-state index contributed by atoms with van der Waals surface area (Å²) in [5, 5.41) is 19.6. The highest BCUT2D eigenvalue weighted by molar-refractivity contribution is 5.79. The Morgan fingerprint density at radius 1 is 1.04 bits per heavy atom. The van der Waals surface area contributed by atoms with Gasteiger partial charge in [0.25, 0.3) is 0 Å². The zero-order valence-electron chi connectivity index (χ0n) is 15.5. The van der Waals surface area contributed by atoms with E-state index >= 15 is 0 Å². The zero-order chi connectivity index (χ0) is 18.0. The number of ketones is 1. The lowest BCUT2D eigenvalue weighted by Crippen LogP contribution is -2.54. The minimum atomic E-state index is -1.22. The van der Waals surface area contributed by atoms with Crippen LogP contribution >= 0.6 is 0 Å². The molecule has 4 nitrogen and oxygen atoms in total. The molecular formula is C21H32O4. The van der Waals surface area contributed by atoms with E-state index in [4.69, 9.17) is 0 Å². The Hall–Kier alpha value is -0.900. The maximum absolute atomic E-state index is 12.0. The molecule has 4 rings (SSSR count). The van der Waals surface area contributed by atoms with Gasteiger partial charge >= 0.3 is 5.97 Å². The number of carboxylic acids is 1. The van der Waals surface area contributed by atoms with Gasteiger partial charge in [0.05, 0.1) is 0 Å². The van der Waals surface area contributed by atoms with Crippen molar-refractivity contribution in [3.8, 4) is 0 Å². The summed E-state index contributed by atoms with van der Waals surface area (Å²) < 4.78 is 0. The molecule has 0 radical (unpaired) electrons. The Balaban J connectivity index is 1.60. The molecule has 140 valence electrons. The van der Waals surface area contributed by atoms with Crippen molar-refractivity contribution in [2.75, 3.05) is 0 Å². The van der Waals surface area contributed by atoms with Crippen LogP contribution in [0.1, 0.15) is 71.6 Å². The summed E-state index contributed by atoms with van der Waals surface area (Å²) >= 11 is 0. The second-order valence-corrected chi connectivity index (χ2v) is 9.91. The van der Waals surface area contributed by atoms with Crippen molar-refractivity contribution in [3.05, 3.63) is 0 Å². The van der Waals surface area contributed by atoms with Crippen LogP contribution in [0.4, 0.5) is 0 Å². The summed E-state index contributed by atoms with van der Waals surface area (Å²) in [5.74, 6) is 1.72. The van der Waals surface area contributed by atoms with Crippen molar-refractivity contribution < 1.29 is 19.8 Å². The molecule has 4 saturated carbocycles. The fraction of sp³-hybridized carbons (Fsp3) is 0.905. The van der Waals surface area contributed by atoms with Crippen molar-refractivity contribution in [3.63, 3.8) is 0 Å². The molecule has 0 heterocycles. The highest BCUT2D eigenvalue weighted by Gasteiger charge is 2.61. The van der Waals surface area contributed by atoms with Gasteiger partial charge in [0, 0.05) is 18.8 Å². The molecule has 0 aromatic rings. The van der Waals surface area contributed by atoms with Crippen LogP contribution in [-0.4, -0.2) is 28.1 Å². The summed E-state index contributed by atoms with van der Waals surface area (Å²) in [6.45, 7) is 4.68. The van der Waals surface area contributed by atoms with E-state index in [-0.39, 0.29) is 11.3 Å². The molecule has 2 unspecified atom stereocenters. The molecule has 0 aliphatic heterocycles. The molecule has 0 spiro atoms. The smallest absolute Gasteiger partial charge is 0.332 e. The molecule has 4 aliphatic carbocycles. The fourth-order valence-electron chi connectivity index (χ4n) is 7.78. The molecule has 4 aliphatic rings. The van der Waals surface area contributed by atoms with Crippen LogP contribution in [-0.2, 0) is 9.59 Å². The van der Waals surface area contributed by atoms with Crippen molar-refractivity contribution in [2.45, 2.75) is 77.7 Å². The molecule has 25 heavy (non-hydrogen) atoms. The minimum Gasteiger partial charge on any atom is -0.479 e. The third-order valence-corrected chi connectivity index (χ3v) is 9.19. The van der Waals surface area contributed by atoms with E-state index in [0.717, 1.165) is 51.4 Å². The molecule has 0 aromatic carbocycles. The normalized spacial score (nSPS) is 50.5. The summed E-state index contributed by atoms with van der Waals surface area (Å²) in [5.41, 5.74) is 0.258. The molecule has 4 fully saturated rings. The SMILES string of the molecule is C[C@]12CCC(=O)C[C@@H]1CC[C@@H]1[C@@H]2CC[C@]2(C)C(C(O)C(=O)O)CC[C@@H]12. The number of carbonyl (C=O) groups is 2. The third-order valence-electron chi connectivity index (χ3n) is 9.19. The van der Waals surface area contributed by atoms with Gasteiger partial charge in [-0.25, -0.2) is 4.79 Å². The van der Waals surface area contributed by atoms with Gasteiger partial charge in [-0.15, -0.1) is 0 Å². The maximum Gasteiger partial charge on any atom is 0.332 e. The quantitative estimate of drug-likeness (QED) is 0.798. The standard InChI is InChI=1S/C21H32O4/c1-20-9-7-13(22)11-12(20)3-4-14-15-5-6-17(18(23)19(24)25)21(15,2)10-8-16(14)20/h12,14-18,23H,3-11H2,1-2H3,(H,24,25)/t12-,14-,15-,16-,17?,18?,20-,21-/m0/s1. The van der Waals surface area contributed by atoms with Crippen LogP contribution in [0.3, 0.4) is 0 Å². The van der Waals surface area contributed by atoms with Crippen LogP contribution in [0, 0.1) is 40.4 Å². The van der Waals surface area contributed by atoms with E-state index in [2.05, 4.69) is 13.8 Å². The summed E-state index contributed by atoms with van der Waals surface area (Å²) in [7, 11) is 0. The topological polar surface area (TPSA) is 74.6 Å². The predicted octanol–water partition coefficient (Wildman–Crippen LogP) is 3.66. The number of fused-ring (bicyclic) bond motifs is 5. The average molecular weight is 348 g/mol. The monoisotopic (exact) mass is 348 g/mol. The van der Waals surface area contributed by atoms with Crippen molar-refractivity contribution >= 4 is 11.8 Å². The Morgan fingerprint density at radius 2 is 1.76 bits per heavy atom. The first-order valence-electron chi connectivity index (χ1n) is 10.2. The van der Waals surface area contributed by atoms with Gasteiger partial charge in [0.2, 0.25) is 0 Å². The maximum atomic E-state index is 12.0. The first kappa shape index (κ1) is 17.5. The van der Waals surface area contributed by atoms with E-state index in [0.29, 0.717) is 34.9 Å². The second-order valence-electron chi connectivity index (χ2n) is 9.91. The number of aliphatic hydroxyl groups is 1. The Kier molecular flexibility index (Phi) is 4.06. The highest BCUT2D eigenvalue weighted by Crippen LogP contribution is 2.67. The van der Waals surface area contributed by atoms with E-state index in [1.807, 2.05) is 0 Å². The summed E-state index contributed by atoms with van der Waals surface area (Å²) in [4.78, 5) is 23.3. The van der Waals surface area contributed by atoms with Gasteiger partial charge in [0.15, 0.2) is 6.10 Å². The lowest BCUT2D eigenvalue weighted by Gasteiger charge is -2.60. The fourth-order valence-corrected chi connectivity index (χ4v) is 7.78. The van der Waals surface area contributed by atoms with Gasteiger partial charge in [-0.3, -0.25) is 4.79 Å². The molecule has 0 aromatic heterocycles. The van der Waals surface area contributed by atoms with Crippen molar-refractivity contribution in [1.29, 1.82) is 0 Å². The number of carboxylic acid groups (broad SMARTS) is 1. The van der Waals surface area contributed by atoms with Gasteiger partial charge in [0.1, 0.15) is 5.78 Å². The third kappa shape index (κ3) is 2.43. The molecule has 0 amide bonds. The second kappa shape index (κ2) is 5.80. The van der Waals surface area contributed by atoms with Crippen LogP contribution in [0.2, 0.25) is 0 Å². The van der Waals surface area contributed by atoms with Crippen LogP contribution < -0.4 is 0 Å². The predicted molar refractivity (Wildman–Crippen MR) is 93.9 cm³/mol. The highest BCUT2D eigenvalue weighted by atomic mass is 16.4. The van der Waals surface area contributed by atoms with Gasteiger partial charge in [-0.05, 0) is 79.4 Å². The number of aliphatic hydroxyl groups excluding tert-OH is 1. The van der Waals surface area contributed by atoms with Crippen LogP contribution in [0.5, 0.6) is 0 Å². The average Bonchev–Trinajstić information content (AvgIpc) is 2.92. The Labute approximate surface area is 150 Å². The van der Waals surface area contributed by atoms with Crippen molar-refractivity contribution in [2.24, 2.45) is 40.4 Å². The number of hydrogen-bond donors (Lipinski definition) is 2. The number of aliphatic carboxylic acids is 1. The lowest BCUT2D eigenvalue weighted by molar-refractivity contribution is -0.158. The van der Waals surface area contributed by atoms with Gasteiger partial charge in [-0.2, -0.15) is 0 Å². The number of rotatable bonds is 2. The lowest BCUT2D eigenvalue weighted by atomic mass is 9.44. The molecule has 2 N–H and O–H groups in total. The van der Waals surface area contributed by atoms with Gasteiger partial charge in [-0.1, -0.05) is 13.8 Å². The molecule has 0 bridgehead atoms. The van der Waals surface area contributed by atoms with E-state index in [9.17, 15) is 19.8 Å². The summed E-state index contributed by atoms with van der Waals surface area (Å²) in [6.07, 6.45) is 7.78. The van der Waals surface area contributed by atoms with Crippen molar-refractivity contribution in [1.82, 2.24) is 0 Å². The summed E-state index contributed by atoms with van der Waals surface area (Å²) in [6, 6.07) is 0. The minimum absolute atomic E-state index is 0.0351. The molecule has 4 heteroatoms.